The molecule has 0 bridgehead atoms. The Morgan fingerprint density at radius 3 is 2.66 bits per heavy atom. The van der Waals surface area contributed by atoms with Gasteiger partial charge >= 0.3 is 0 Å². The molecule has 0 spiro atoms. The number of hydrogen-bond acceptors (Lipinski definition) is 4. The molecule has 5 heteroatoms. The topological polar surface area (TPSA) is 50.8 Å². The monoisotopic (exact) mass is 394 g/mol. The van der Waals surface area contributed by atoms with Crippen molar-refractivity contribution in [3.8, 4) is 5.75 Å². The van der Waals surface area contributed by atoms with Crippen molar-refractivity contribution >= 4 is 5.91 Å². The van der Waals surface area contributed by atoms with Gasteiger partial charge in [-0.1, -0.05) is 36.4 Å². The van der Waals surface area contributed by atoms with Gasteiger partial charge in [-0.3, -0.25) is 4.79 Å². The van der Waals surface area contributed by atoms with Crippen molar-refractivity contribution in [2.24, 2.45) is 0 Å². The van der Waals surface area contributed by atoms with Gasteiger partial charge in [0, 0.05) is 31.8 Å². The van der Waals surface area contributed by atoms with E-state index in [-0.39, 0.29) is 18.1 Å². The van der Waals surface area contributed by atoms with Crippen molar-refractivity contribution in [2.45, 2.75) is 37.8 Å². The van der Waals surface area contributed by atoms with Gasteiger partial charge < -0.3 is 19.7 Å². The molecule has 4 rings (SSSR count). The number of nitrogens with one attached hydrogen (secondary N) is 1. The van der Waals surface area contributed by atoms with Crippen LogP contribution >= 0.6 is 0 Å². The largest absolute Gasteiger partial charge is 0.490 e. The van der Waals surface area contributed by atoms with Crippen molar-refractivity contribution in [3.05, 3.63) is 65.7 Å². The summed E-state index contributed by atoms with van der Waals surface area (Å²) in [5, 5.41) is 3.03. The Hall–Kier alpha value is -2.37. The molecule has 2 aromatic rings. The van der Waals surface area contributed by atoms with Crippen molar-refractivity contribution in [1.82, 2.24) is 10.2 Å². The van der Waals surface area contributed by atoms with E-state index in [9.17, 15) is 4.79 Å². The first-order chi connectivity index (χ1) is 14.3. The lowest BCUT2D eigenvalue weighted by Crippen LogP contribution is -2.39. The third kappa shape index (κ3) is 5.81. The van der Waals surface area contributed by atoms with Crippen LogP contribution in [0, 0.1) is 0 Å². The number of nitrogens with zero attached hydrogens (tertiary/aromatic N) is 1. The Bertz CT molecular complexity index is 782. The van der Waals surface area contributed by atoms with Crippen LogP contribution in [0.5, 0.6) is 5.75 Å². The molecule has 2 aromatic carbocycles. The van der Waals surface area contributed by atoms with Crippen LogP contribution in [0.25, 0.3) is 0 Å². The van der Waals surface area contributed by atoms with E-state index in [1.807, 2.05) is 24.3 Å². The van der Waals surface area contributed by atoms with Gasteiger partial charge in [-0.25, -0.2) is 0 Å². The lowest BCUT2D eigenvalue weighted by molar-refractivity contribution is 0.0923. The minimum atomic E-state index is -0.0540. The summed E-state index contributed by atoms with van der Waals surface area (Å²) in [6.07, 6.45) is 4.22. The van der Waals surface area contributed by atoms with Crippen molar-refractivity contribution in [3.63, 3.8) is 0 Å². The number of likely N-dealkylation sites (tertiary alicyclic amines) is 1. The standard InChI is InChI=1S/C24H30N2O3/c27-24(25-21-12-16-28-18-21)20-7-4-8-23(17-20)29-22-10-14-26(15-11-22)13-9-19-5-2-1-3-6-19/h1-8,17,21-22H,9-16,18H2,(H,25,27)/t21-/m1/s1. The molecule has 1 amide bonds. The fourth-order valence-electron chi connectivity index (χ4n) is 4.00. The molecule has 0 unspecified atom stereocenters. The van der Waals surface area contributed by atoms with E-state index >= 15 is 0 Å². The molecule has 2 fully saturated rings. The van der Waals surface area contributed by atoms with Crippen LogP contribution in [0.15, 0.2) is 54.6 Å². The Kier molecular flexibility index (Phi) is 6.80. The molecule has 0 radical (unpaired) electrons. The predicted molar refractivity (Wildman–Crippen MR) is 113 cm³/mol. The number of rotatable bonds is 7. The lowest BCUT2D eigenvalue weighted by atomic mass is 10.1. The third-order valence-electron chi connectivity index (χ3n) is 5.76. The van der Waals surface area contributed by atoms with E-state index in [4.69, 9.17) is 9.47 Å². The fraction of sp³-hybridized carbons (Fsp3) is 0.458. The van der Waals surface area contributed by atoms with E-state index in [1.54, 1.807) is 0 Å². The summed E-state index contributed by atoms with van der Waals surface area (Å²) in [5.74, 6) is 0.727. The Morgan fingerprint density at radius 1 is 1.07 bits per heavy atom. The highest BCUT2D eigenvalue weighted by Gasteiger charge is 2.22. The second kappa shape index (κ2) is 9.90. The first-order valence-corrected chi connectivity index (χ1v) is 10.7. The first kappa shape index (κ1) is 19.9. The van der Waals surface area contributed by atoms with E-state index in [2.05, 4.69) is 40.5 Å². The molecule has 29 heavy (non-hydrogen) atoms. The molecule has 2 aliphatic rings. The van der Waals surface area contributed by atoms with E-state index < -0.39 is 0 Å². The van der Waals surface area contributed by atoms with Crippen LogP contribution in [0.4, 0.5) is 0 Å². The molecule has 0 aliphatic carbocycles. The van der Waals surface area contributed by atoms with Crippen molar-refractivity contribution in [2.75, 3.05) is 32.8 Å². The van der Waals surface area contributed by atoms with E-state index in [0.717, 1.165) is 57.7 Å². The molecule has 2 saturated heterocycles. The normalized spacial score (nSPS) is 20.5. The summed E-state index contributed by atoms with van der Waals surface area (Å²) >= 11 is 0. The van der Waals surface area contributed by atoms with Crippen molar-refractivity contribution < 1.29 is 14.3 Å². The Labute approximate surface area is 173 Å². The lowest BCUT2D eigenvalue weighted by Gasteiger charge is -2.32. The van der Waals surface area contributed by atoms with E-state index in [0.29, 0.717) is 12.2 Å². The summed E-state index contributed by atoms with van der Waals surface area (Å²) in [5.41, 5.74) is 2.04. The summed E-state index contributed by atoms with van der Waals surface area (Å²) < 4.78 is 11.5. The third-order valence-corrected chi connectivity index (χ3v) is 5.76. The maximum atomic E-state index is 12.4. The highest BCUT2D eigenvalue weighted by molar-refractivity contribution is 5.94. The number of amides is 1. The first-order valence-electron chi connectivity index (χ1n) is 10.7. The van der Waals surface area contributed by atoms with Gasteiger partial charge in [-0.15, -0.1) is 0 Å². The quantitative estimate of drug-likeness (QED) is 0.783. The van der Waals surface area contributed by atoms with Gasteiger partial charge in [0.2, 0.25) is 0 Å². The zero-order valence-electron chi connectivity index (χ0n) is 16.9. The fourth-order valence-corrected chi connectivity index (χ4v) is 4.00. The molecule has 2 heterocycles. The van der Waals surface area contributed by atoms with Gasteiger partial charge in [0.05, 0.1) is 12.6 Å². The van der Waals surface area contributed by atoms with Crippen LogP contribution in [-0.4, -0.2) is 55.8 Å². The minimum Gasteiger partial charge on any atom is -0.490 e. The van der Waals surface area contributed by atoms with Crippen LogP contribution in [0.3, 0.4) is 0 Å². The molecule has 0 aromatic heterocycles. The zero-order chi connectivity index (χ0) is 19.9. The zero-order valence-corrected chi connectivity index (χ0v) is 16.9. The Morgan fingerprint density at radius 2 is 1.90 bits per heavy atom. The smallest absolute Gasteiger partial charge is 0.251 e. The highest BCUT2D eigenvalue weighted by Crippen LogP contribution is 2.21. The second-order valence-electron chi connectivity index (χ2n) is 7.96. The number of ether oxygens (including phenoxy) is 2. The van der Waals surface area contributed by atoms with Gasteiger partial charge in [0.1, 0.15) is 11.9 Å². The molecule has 2 aliphatic heterocycles. The van der Waals surface area contributed by atoms with Crippen molar-refractivity contribution in [1.29, 1.82) is 0 Å². The molecule has 154 valence electrons. The molecular formula is C24H30N2O3. The molecule has 1 N–H and O–H groups in total. The minimum absolute atomic E-state index is 0.0540. The van der Waals surface area contributed by atoms with Crippen LogP contribution in [-0.2, 0) is 11.2 Å². The van der Waals surface area contributed by atoms with Crippen LogP contribution in [0.1, 0.15) is 35.2 Å². The number of hydrogen-bond donors (Lipinski definition) is 1. The van der Waals surface area contributed by atoms with Gasteiger partial charge in [0.15, 0.2) is 0 Å². The van der Waals surface area contributed by atoms with Gasteiger partial charge in [-0.05, 0) is 49.4 Å². The maximum Gasteiger partial charge on any atom is 0.251 e. The number of benzene rings is 2. The molecule has 5 nitrogen and oxygen atoms in total. The summed E-state index contributed by atoms with van der Waals surface area (Å²) in [6, 6.07) is 18.3. The highest BCUT2D eigenvalue weighted by atomic mass is 16.5. The van der Waals surface area contributed by atoms with Gasteiger partial charge in [-0.2, -0.15) is 0 Å². The second-order valence-corrected chi connectivity index (χ2v) is 7.96. The van der Waals surface area contributed by atoms with Crippen LogP contribution < -0.4 is 10.1 Å². The number of carbonyl (C=O) groups excluding carboxylic acids is 1. The summed E-state index contributed by atoms with van der Waals surface area (Å²) in [6.45, 7) is 4.53. The number of piperidine rings is 1. The summed E-state index contributed by atoms with van der Waals surface area (Å²) in [7, 11) is 0. The molecule has 1 atom stereocenters. The predicted octanol–water partition coefficient (Wildman–Crippen LogP) is 3.29. The average Bonchev–Trinajstić information content (AvgIpc) is 3.27. The average molecular weight is 395 g/mol. The molecular weight excluding hydrogens is 364 g/mol. The van der Waals surface area contributed by atoms with Crippen LogP contribution in [0.2, 0.25) is 0 Å². The Balaban J connectivity index is 1.23. The summed E-state index contributed by atoms with van der Waals surface area (Å²) in [4.78, 5) is 15.0. The van der Waals surface area contributed by atoms with Gasteiger partial charge in [0.25, 0.3) is 5.91 Å². The molecule has 0 saturated carbocycles. The van der Waals surface area contributed by atoms with E-state index in [1.165, 1.54) is 5.56 Å². The number of carbonyl (C=O) groups is 1. The SMILES string of the molecule is O=C(N[C@@H]1CCOC1)c1cccc(OC2CCN(CCc3ccccc3)CC2)c1. The maximum absolute atomic E-state index is 12.4.